The molecule has 0 saturated heterocycles. The maximum atomic E-state index is 11.7. The van der Waals surface area contributed by atoms with E-state index in [0.717, 1.165) is 11.8 Å². The normalized spacial score (nSPS) is 10.7. The van der Waals surface area contributed by atoms with Crippen LogP contribution in [0.5, 0.6) is 5.88 Å². The van der Waals surface area contributed by atoms with Crippen LogP contribution in [0, 0.1) is 22.7 Å². The quantitative estimate of drug-likeness (QED) is 0.676. The largest absolute Gasteiger partial charge is 0.480 e. The van der Waals surface area contributed by atoms with Gasteiger partial charge in [-0.25, -0.2) is 13.4 Å². The lowest BCUT2D eigenvalue weighted by molar-refractivity contribution is 0.397. The fourth-order valence-corrected chi connectivity index (χ4v) is 3.39. The topological polar surface area (TPSA) is 104 Å². The van der Waals surface area contributed by atoms with Crippen LogP contribution in [0.15, 0.2) is 59.5 Å². The molecule has 0 aliphatic heterocycles. The van der Waals surface area contributed by atoms with Gasteiger partial charge >= 0.3 is 0 Å². The predicted molar refractivity (Wildman–Crippen MR) is 104 cm³/mol. The van der Waals surface area contributed by atoms with E-state index in [4.69, 9.17) is 10.00 Å². The van der Waals surface area contributed by atoms with Crippen LogP contribution in [0.4, 0.5) is 0 Å². The molecule has 6 nitrogen and oxygen atoms in total. The average Bonchev–Trinajstić information content (AvgIpc) is 2.72. The van der Waals surface area contributed by atoms with Gasteiger partial charge < -0.3 is 4.74 Å². The van der Waals surface area contributed by atoms with E-state index in [0.29, 0.717) is 22.4 Å². The zero-order valence-electron chi connectivity index (χ0n) is 15.2. The second-order valence-electron chi connectivity index (χ2n) is 6.04. The molecule has 0 fully saturated rings. The van der Waals surface area contributed by atoms with E-state index < -0.39 is 9.84 Å². The maximum Gasteiger partial charge on any atom is 0.232 e. The number of nitriles is 2. The standard InChI is InChI=1S/C21H15N3O3S/c1-27-21-17(13-23)11-19(15-7-9-18(10-8-15)28(2,25)26)20(24-21)16-5-3-14(12-22)4-6-16/h3-11H,1-2H3. The number of ether oxygens (including phenoxy) is 1. The highest BCUT2D eigenvalue weighted by atomic mass is 32.2. The van der Waals surface area contributed by atoms with Gasteiger partial charge in [0, 0.05) is 17.4 Å². The number of methoxy groups -OCH3 is 1. The van der Waals surface area contributed by atoms with Crippen LogP contribution in [-0.4, -0.2) is 26.8 Å². The van der Waals surface area contributed by atoms with Crippen molar-refractivity contribution in [2.45, 2.75) is 4.90 Å². The Labute approximate surface area is 163 Å². The molecule has 0 amide bonds. The molecule has 1 heterocycles. The first kappa shape index (κ1) is 19.1. The van der Waals surface area contributed by atoms with Crippen molar-refractivity contribution >= 4 is 9.84 Å². The number of benzene rings is 2. The first-order valence-corrected chi connectivity index (χ1v) is 10.1. The zero-order chi connectivity index (χ0) is 20.3. The number of sulfone groups is 1. The highest BCUT2D eigenvalue weighted by molar-refractivity contribution is 7.90. The minimum absolute atomic E-state index is 0.193. The number of pyridine rings is 1. The van der Waals surface area contributed by atoms with Gasteiger partial charge in [0.05, 0.1) is 29.3 Å². The van der Waals surface area contributed by atoms with E-state index >= 15 is 0 Å². The van der Waals surface area contributed by atoms with Crippen molar-refractivity contribution in [1.82, 2.24) is 4.98 Å². The number of aromatic nitrogens is 1. The average molecular weight is 389 g/mol. The van der Waals surface area contributed by atoms with Crippen LogP contribution in [0.2, 0.25) is 0 Å². The third-order valence-corrected chi connectivity index (χ3v) is 5.31. The predicted octanol–water partition coefficient (Wildman–Crippen LogP) is 3.57. The summed E-state index contributed by atoms with van der Waals surface area (Å²) in [7, 11) is -1.88. The molecule has 0 radical (unpaired) electrons. The van der Waals surface area contributed by atoms with E-state index in [2.05, 4.69) is 17.1 Å². The third kappa shape index (κ3) is 3.71. The molecule has 7 heteroatoms. The molecule has 28 heavy (non-hydrogen) atoms. The Bertz CT molecular complexity index is 1220. The second-order valence-corrected chi connectivity index (χ2v) is 8.05. The van der Waals surface area contributed by atoms with Gasteiger partial charge in [-0.15, -0.1) is 0 Å². The second kappa shape index (κ2) is 7.51. The summed E-state index contributed by atoms with van der Waals surface area (Å²) in [6.07, 6.45) is 1.15. The van der Waals surface area contributed by atoms with E-state index in [1.165, 1.54) is 19.2 Å². The summed E-state index contributed by atoms with van der Waals surface area (Å²) in [5, 5.41) is 18.4. The summed E-state index contributed by atoms with van der Waals surface area (Å²) in [4.78, 5) is 4.70. The summed E-state index contributed by atoms with van der Waals surface area (Å²) < 4.78 is 28.7. The molecule has 3 rings (SSSR count). The molecule has 0 spiro atoms. The Balaban J connectivity index is 2.23. The fraction of sp³-hybridized carbons (Fsp3) is 0.0952. The lowest BCUT2D eigenvalue weighted by Crippen LogP contribution is -1.99. The summed E-state index contributed by atoms with van der Waals surface area (Å²) >= 11 is 0. The third-order valence-electron chi connectivity index (χ3n) is 4.18. The smallest absolute Gasteiger partial charge is 0.232 e. The van der Waals surface area contributed by atoms with Crippen molar-refractivity contribution < 1.29 is 13.2 Å². The van der Waals surface area contributed by atoms with Gasteiger partial charge in [-0.3, -0.25) is 0 Å². The summed E-state index contributed by atoms with van der Waals surface area (Å²) in [6.45, 7) is 0. The van der Waals surface area contributed by atoms with Crippen molar-refractivity contribution in [3.8, 4) is 40.4 Å². The van der Waals surface area contributed by atoms with Crippen LogP contribution in [-0.2, 0) is 9.84 Å². The number of rotatable bonds is 4. The Kier molecular flexibility index (Phi) is 5.12. The molecule has 3 aromatic rings. The van der Waals surface area contributed by atoms with E-state index in [1.807, 2.05) is 0 Å². The summed E-state index contributed by atoms with van der Waals surface area (Å²) in [5.74, 6) is 0.193. The molecule has 0 N–H and O–H groups in total. The molecule has 0 bridgehead atoms. The van der Waals surface area contributed by atoms with E-state index in [-0.39, 0.29) is 16.3 Å². The molecule has 0 saturated carbocycles. The number of hydrogen-bond acceptors (Lipinski definition) is 6. The highest BCUT2D eigenvalue weighted by Crippen LogP contribution is 2.35. The zero-order valence-corrected chi connectivity index (χ0v) is 16.0. The van der Waals surface area contributed by atoms with Crippen molar-refractivity contribution in [2.75, 3.05) is 13.4 Å². The number of nitrogens with zero attached hydrogens (tertiary/aromatic N) is 3. The molecule has 1 aromatic heterocycles. The van der Waals surface area contributed by atoms with E-state index in [1.54, 1.807) is 42.5 Å². The number of hydrogen-bond donors (Lipinski definition) is 0. The van der Waals surface area contributed by atoms with Gasteiger partial charge in [0.15, 0.2) is 9.84 Å². The van der Waals surface area contributed by atoms with Crippen molar-refractivity contribution in [3.63, 3.8) is 0 Å². The van der Waals surface area contributed by atoms with Crippen LogP contribution in [0.1, 0.15) is 11.1 Å². The summed E-state index contributed by atoms with van der Waals surface area (Å²) in [5.41, 5.74) is 3.45. The van der Waals surface area contributed by atoms with Crippen molar-refractivity contribution in [2.24, 2.45) is 0 Å². The highest BCUT2D eigenvalue weighted by Gasteiger charge is 2.16. The van der Waals surface area contributed by atoms with Crippen molar-refractivity contribution in [3.05, 3.63) is 65.7 Å². The van der Waals surface area contributed by atoms with Crippen LogP contribution in [0.25, 0.3) is 22.4 Å². The Hall–Kier alpha value is -3.68. The van der Waals surface area contributed by atoms with Crippen LogP contribution < -0.4 is 4.74 Å². The minimum Gasteiger partial charge on any atom is -0.480 e. The maximum absolute atomic E-state index is 11.7. The van der Waals surface area contributed by atoms with Gasteiger partial charge in [0.1, 0.15) is 11.6 Å². The van der Waals surface area contributed by atoms with Crippen LogP contribution in [0.3, 0.4) is 0 Å². The van der Waals surface area contributed by atoms with Crippen molar-refractivity contribution in [1.29, 1.82) is 10.5 Å². The molecule has 0 atom stereocenters. The molecular weight excluding hydrogens is 374 g/mol. The summed E-state index contributed by atoms with van der Waals surface area (Å²) in [6, 6.07) is 19.1. The first-order chi connectivity index (χ1) is 13.4. The molecule has 0 unspecified atom stereocenters. The van der Waals surface area contributed by atoms with Gasteiger partial charge in [-0.2, -0.15) is 10.5 Å². The Morgan fingerprint density at radius 2 is 1.54 bits per heavy atom. The van der Waals surface area contributed by atoms with Gasteiger partial charge in [0.2, 0.25) is 5.88 Å². The SMILES string of the molecule is COc1nc(-c2ccc(C#N)cc2)c(-c2ccc(S(C)(=O)=O)cc2)cc1C#N. The monoisotopic (exact) mass is 389 g/mol. The Morgan fingerprint density at radius 3 is 2.04 bits per heavy atom. The molecular formula is C21H15N3O3S. The van der Waals surface area contributed by atoms with Gasteiger partial charge in [0.25, 0.3) is 0 Å². The van der Waals surface area contributed by atoms with E-state index in [9.17, 15) is 13.7 Å². The van der Waals surface area contributed by atoms with Gasteiger partial charge in [-0.1, -0.05) is 24.3 Å². The molecule has 0 aliphatic rings. The lowest BCUT2D eigenvalue weighted by atomic mass is 9.97. The molecule has 2 aromatic carbocycles. The first-order valence-electron chi connectivity index (χ1n) is 8.17. The molecule has 138 valence electrons. The van der Waals surface area contributed by atoms with Gasteiger partial charge in [-0.05, 0) is 35.9 Å². The lowest BCUT2D eigenvalue weighted by Gasteiger charge is -2.13. The Morgan fingerprint density at radius 1 is 0.929 bits per heavy atom. The molecule has 0 aliphatic carbocycles. The fourth-order valence-electron chi connectivity index (χ4n) is 2.76. The van der Waals surface area contributed by atoms with Crippen LogP contribution >= 0.6 is 0 Å². The minimum atomic E-state index is -3.31.